The minimum Gasteiger partial charge on any atom is -0.479 e. The highest BCUT2D eigenvalue weighted by Crippen LogP contribution is 2.37. The average Bonchev–Trinajstić information content (AvgIpc) is 3.37. The van der Waals surface area contributed by atoms with Crippen molar-refractivity contribution >= 4 is 35.1 Å². The fourth-order valence-electron chi connectivity index (χ4n) is 2.91. The highest BCUT2D eigenvalue weighted by atomic mass is 35.5. The van der Waals surface area contributed by atoms with Crippen LogP contribution in [-0.2, 0) is 11.8 Å². The van der Waals surface area contributed by atoms with Gasteiger partial charge in [0, 0.05) is 29.2 Å². The molecule has 0 spiro atoms. The topological polar surface area (TPSA) is 79.6 Å². The summed E-state index contributed by atoms with van der Waals surface area (Å²) in [7, 11) is 1.48. The number of halogens is 2. The van der Waals surface area contributed by atoms with Gasteiger partial charge in [0.15, 0.2) is 6.04 Å². The third-order valence-electron chi connectivity index (χ3n) is 4.29. The van der Waals surface area contributed by atoms with Crippen molar-refractivity contribution in [1.29, 1.82) is 0 Å². The van der Waals surface area contributed by atoms with Gasteiger partial charge in [-0.15, -0.1) is 0 Å². The van der Waals surface area contributed by atoms with Crippen molar-refractivity contribution in [3.8, 4) is 0 Å². The summed E-state index contributed by atoms with van der Waals surface area (Å²) < 4.78 is 1.21. The predicted molar refractivity (Wildman–Crippen MR) is 97.7 cm³/mol. The zero-order valence-electron chi connectivity index (χ0n) is 13.9. The van der Waals surface area contributed by atoms with Crippen LogP contribution in [0.5, 0.6) is 0 Å². The molecule has 6 nitrogen and oxygen atoms in total. The molecule has 1 fully saturated rings. The van der Waals surface area contributed by atoms with Gasteiger partial charge in [-0.05, 0) is 42.7 Å². The summed E-state index contributed by atoms with van der Waals surface area (Å²) in [5, 5.41) is 10.4. The van der Waals surface area contributed by atoms with Crippen molar-refractivity contribution in [3.05, 3.63) is 68.1 Å². The lowest BCUT2D eigenvalue weighted by Gasteiger charge is -2.30. The standard InChI is InChI=1S/C18H16Cl2N2O4/c1-21-14(3-2-4-15(21)23)17(24)22(13-5-6-13)16(18(25)26)10-7-11(19)9-12(20)8-10/h2-4,7-9,13,16H,5-6H2,1H3,(H,25,26). The van der Waals surface area contributed by atoms with E-state index in [1.54, 1.807) is 0 Å². The predicted octanol–water partition coefficient (Wildman–Crippen LogP) is 3.12. The van der Waals surface area contributed by atoms with Crippen molar-refractivity contribution in [2.75, 3.05) is 0 Å². The molecule has 1 saturated carbocycles. The quantitative estimate of drug-likeness (QED) is 0.844. The van der Waals surface area contributed by atoms with Crippen LogP contribution in [0, 0.1) is 0 Å². The molecule has 1 aromatic carbocycles. The van der Waals surface area contributed by atoms with Crippen molar-refractivity contribution in [2.24, 2.45) is 7.05 Å². The third-order valence-corrected chi connectivity index (χ3v) is 4.73. The lowest BCUT2D eigenvalue weighted by Crippen LogP contribution is -2.42. The number of carboxylic acid groups (broad SMARTS) is 1. The van der Waals surface area contributed by atoms with E-state index in [1.165, 1.54) is 52.9 Å². The van der Waals surface area contributed by atoms with E-state index < -0.39 is 17.9 Å². The first-order valence-electron chi connectivity index (χ1n) is 7.97. The van der Waals surface area contributed by atoms with Crippen molar-refractivity contribution in [3.63, 3.8) is 0 Å². The number of aliphatic carboxylic acids is 1. The van der Waals surface area contributed by atoms with E-state index in [4.69, 9.17) is 23.2 Å². The first-order valence-corrected chi connectivity index (χ1v) is 8.72. The Morgan fingerprint density at radius 1 is 1.19 bits per heavy atom. The molecule has 1 unspecified atom stereocenters. The van der Waals surface area contributed by atoms with Crippen LogP contribution >= 0.6 is 23.2 Å². The van der Waals surface area contributed by atoms with E-state index in [0.717, 1.165) is 0 Å². The van der Waals surface area contributed by atoms with Gasteiger partial charge >= 0.3 is 5.97 Å². The van der Waals surface area contributed by atoms with Gasteiger partial charge in [0.1, 0.15) is 5.69 Å². The van der Waals surface area contributed by atoms with Gasteiger partial charge in [-0.25, -0.2) is 4.79 Å². The molecule has 1 aliphatic carbocycles. The molecule has 8 heteroatoms. The Hall–Kier alpha value is -2.31. The Bertz CT molecular complexity index is 917. The zero-order valence-corrected chi connectivity index (χ0v) is 15.4. The van der Waals surface area contributed by atoms with E-state index in [9.17, 15) is 19.5 Å². The maximum atomic E-state index is 13.1. The van der Waals surface area contributed by atoms with Crippen LogP contribution in [-0.4, -0.2) is 32.5 Å². The monoisotopic (exact) mass is 394 g/mol. The number of amides is 1. The second kappa shape index (κ2) is 7.13. The minimum atomic E-state index is -1.25. The number of carbonyl (C=O) groups is 2. The van der Waals surface area contributed by atoms with Crippen LogP contribution in [0.15, 0.2) is 41.2 Å². The highest BCUT2D eigenvalue weighted by Gasteiger charge is 2.42. The van der Waals surface area contributed by atoms with Gasteiger partial charge in [-0.3, -0.25) is 9.59 Å². The van der Waals surface area contributed by atoms with Gasteiger partial charge in [0.05, 0.1) is 0 Å². The number of hydrogen-bond acceptors (Lipinski definition) is 3. The molecule has 1 amide bonds. The third kappa shape index (κ3) is 3.61. The maximum Gasteiger partial charge on any atom is 0.331 e. The van der Waals surface area contributed by atoms with Crippen LogP contribution in [0.3, 0.4) is 0 Å². The summed E-state index contributed by atoms with van der Waals surface area (Å²) >= 11 is 12.0. The highest BCUT2D eigenvalue weighted by molar-refractivity contribution is 6.34. The average molecular weight is 395 g/mol. The Morgan fingerprint density at radius 2 is 1.81 bits per heavy atom. The summed E-state index contributed by atoms with van der Waals surface area (Å²) in [6.07, 6.45) is 1.40. The van der Waals surface area contributed by atoms with Crippen molar-refractivity contribution < 1.29 is 14.7 Å². The van der Waals surface area contributed by atoms with Gasteiger partial charge in [-0.2, -0.15) is 0 Å². The smallest absolute Gasteiger partial charge is 0.331 e. The summed E-state index contributed by atoms with van der Waals surface area (Å²) in [6.45, 7) is 0. The molecule has 0 aliphatic heterocycles. The second-order valence-corrected chi connectivity index (χ2v) is 7.07. The van der Waals surface area contributed by atoms with Gasteiger partial charge in [0.2, 0.25) is 0 Å². The fraction of sp³-hybridized carbons (Fsp3) is 0.278. The molecule has 1 aromatic heterocycles. The summed E-state index contributed by atoms with van der Waals surface area (Å²) in [4.78, 5) is 38.3. The van der Waals surface area contributed by atoms with E-state index in [2.05, 4.69) is 0 Å². The van der Waals surface area contributed by atoms with E-state index in [0.29, 0.717) is 18.4 Å². The SMILES string of the molecule is Cn1c(C(=O)N(C2CC2)C(C(=O)O)c2cc(Cl)cc(Cl)c2)cccc1=O. The van der Waals surface area contributed by atoms with Crippen molar-refractivity contribution in [1.82, 2.24) is 9.47 Å². The summed E-state index contributed by atoms with van der Waals surface area (Å²) in [6, 6.07) is 7.32. The number of rotatable bonds is 5. The molecular formula is C18H16Cl2N2O4. The van der Waals surface area contributed by atoms with Crippen LogP contribution in [0.4, 0.5) is 0 Å². The molecule has 1 aliphatic rings. The number of aromatic nitrogens is 1. The first-order chi connectivity index (χ1) is 12.3. The van der Waals surface area contributed by atoms with Crippen LogP contribution < -0.4 is 5.56 Å². The summed E-state index contributed by atoms with van der Waals surface area (Å²) in [5.41, 5.74) is 0.101. The molecular weight excluding hydrogens is 379 g/mol. The molecule has 1 N–H and O–H groups in total. The van der Waals surface area contributed by atoms with E-state index >= 15 is 0 Å². The number of pyridine rings is 1. The number of benzene rings is 1. The molecule has 136 valence electrons. The first kappa shape index (κ1) is 18.5. The molecule has 0 radical (unpaired) electrons. The van der Waals surface area contributed by atoms with Crippen LogP contribution in [0.25, 0.3) is 0 Å². The fourth-order valence-corrected chi connectivity index (χ4v) is 3.46. The van der Waals surface area contributed by atoms with E-state index in [-0.39, 0.29) is 27.3 Å². The Labute approximate surface area is 159 Å². The summed E-state index contributed by atoms with van der Waals surface area (Å²) in [5.74, 6) is -1.71. The number of carboxylic acids is 1. The van der Waals surface area contributed by atoms with Crippen molar-refractivity contribution in [2.45, 2.75) is 24.9 Å². The normalized spacial score (nSPS) is 14.7. The Kier molecular flexibility index (Phi) is 5.07. The van der Waals surface area contributed by atoms with Gasteiger partial charge in [-0.1, -0.05) is 29.3 Å². The second-order valence-electron chi connectivity index (χ2n) is 6.20. The van der Waals surface area contributed by atoms with Crippen LogP contribution in [0.2, 0.25) is 10.0 Å². The lowest BCUT2D eigenvalue weighted by atomic mass is 10.0. The lowest BCUT2D eigenvalue weighted by molar-refractivity contribution is -0.142. The number of hydrogen-bond donors (Lipinski definition) is 1. The maximum absolute atomic E-state index is 13.1. The zero-order chi connectivity index (χ0) is 19.0. The minimum absolute atomic E-state index is 0.128. The molecule has 1 heterocycles. The van der Waals surface area contributed by atoms with Gasteiger partial charge < -0.3 is 14.6 Å². The number of nitrogens with zero attached hydrogens (tertiary/aromatic N) is 2. The molecule has 2 aromatic rings. The number of carbonyl (C=O) groups excluding carboxylic acids is 1. The van der Waals surface area contributed by atoms with E-state index in [1.807, 2.05) is 0 Å². The molecule has 0 saturated heterocycles. The molecule has 1 atom stereocenters. The van der Waals surface area contributed by atoms with Crippen LogP contribution in [0.1, 0.15) is 34.9 Å². The molecule has 26 heavy (non-hydrogen) atoms. The molecule has 3 rings (SSSR count). The molecule has 0 bridgehead atoms. The Morgan fingerprint density at radius 3 is 2.35 bits per heavy atom. The Balaban J connectivity index is 2.10. The van der Waals surface area contributed by atoms with Gasteiger partial charge in [0.25, 0.3) is 11.5 Å². The largest absolute Gasteiger partial charge is 0.479 e.